The van der Waals surface area contributed by atoms with E-state index in [9.17, 15) is 14.4 Å². The van der Waals surface area contributed by atoms with Crippen molar-refractivity contribution < 1.29 is 4.79 Å². The molecule has 0 unspecified atom stereocenters. The van der Waals surface area contributed by atoms with E-state index in [1.807, 2.05) is 10.8 Å². The van der Waals surface area contributed by atoms with Crippen LogP contribution in [-0.4, -0.2) is 31.1 Å². The second-order valence-corrected chi connectivity index (χ2v) is 6.17. The van der Waals surface area contributed by atoms with Crippen LogP contribution in [0.15, 0.2) is 46.2 Å². The van der Waals surface area contributed by atoms with Gasteiger partial charge in [-0.25, -0.2) is 9.78 Å². The van der Waals surface area contributed by atoms with Gasteiger partial charge >= 0.3 is 5.69 Å². The average Bonchev–Trinajstić information content (AvgIpc) is 3.06. The largest absolute Gasteiger partial charge is 0.350 e. The fourth-order valence-corrected chi connectivity index (χ4v) is 3.24. The molecule has 1 aromatic carbocycles. The number of aromatic nitrogens is 4. The lowest BCUT2D eigenvalue weighted by molar-refractivity contribution is -0.122. The number of aryl methyl sites for hydroxylation is 1. The summed E-state index contributed by atoms with van der Waals surface area (Å²) in [5.41, 5.74) is -0.580. The normalized spacial score (nSPS) is 16.6. The van der Waals surface area contributed by atoms with Crippen molar-refractivity contribution in [3.05, 3.63) is 63.3 Å². The Labute approximate surface area is 142 Å². The molecule has 3 heterocycles. The predicted molar refractivity (Wildman–Crippen MR) is 91.3 cm³/mol. The Morgan fingerprint density at radius 1 is 1.32 bits per heavy atom. The monoisotopic (exact) mass is 339 g/mol. The van der Waals surface area contributed by atoms with Crippen LogP contribution in [0.1, 0.15) is 12.2 Å². The van der Waals surface area contributed by atoms with E-state index in [-0.39, 0.29) is 18.5 Å². The van der Waals surface area contributed by atoms with E-state index in [1.165, 1.54) is 0 Å². The molecule has 1 aliphatic rings. The van der Waals surface area contributed by atoms with Gasteiger partial charge in [0.25, 0.3) is 5.56 Å². The number of rotatable bonds is 3. The third-order valence-corrected chi connectivity index (χ3v) is 4.49. The van der Waals surface area contributed by atoms with E-state index in [0.717, 1.165) is 23.2 Å². The fourth-order valence-electron chi connectivity index (χ4n) is 3.24. The van der Waals surface area contributed by atoms with Crippen molar-refractivity contribution in [1.29, 1.82) is 0 Å². The number of imidazole rings is 1. The predicted octanol–water partition coefficient (Wildman–Crippen LogP) is 0.0175. The Morgan fingerprint density at radius 2 is 2.16 bits per heavy atom. The topological polar surface area (TPSA) is 102 Å². The van der Waals surface area contributed by atoms with Gasteiger partial charge in [-0.15, -0.1) is 0 Å². The molecule has 0 saturated carbocycles. The number of nitrogens with zero attached hydrogens (tertiary/aromatic N) is 3. The number of hydrogen-bond donors (Lipinski definition) is 2. The van der Waals surface area contributed by atoms with Crippen LogP contribution in [0.25, 0.3) is 10.9 Å². The quantitative estimate of drug-likeness (QED) is 0.702. The van der Waals surface area contributed by atoms with Crippen LogP contribution in [0, 0.1) is 0 Å². The maximum atomic E-state index is 12.5. The van der Waals surface area contributed by atoms with Gasteiger partial charge in [-0.3, -0.25) is 14.2 Å². The molecule has 8 heteroatoms. The van der Waals surface area contributed by atoms with E-state index in [1.54, 1.807) is 30.5 Å². The summed E-state index contributed by atoms with van der Waals surface area (Å²) >= 11 is 0. The highest BCUT2D eigenvalue weighted by Crippen LogP contribution is 2.12. The zero-order valence-corrected chi connectivity index (χ0v) is 13.4. The number of hydrogen-bond acceptors (Lipinski definition) is 4. The highest BCUT2D eigenvalue weighted by Gasteiger charge is 2.21. The molecular weight excluding hydrogens is 322 g/mol. The molecule has 0 saturated heterocycles. The van der Waals surface area contributed by atoms with Crippen molar-refractivity contribution in [3.8, 4) is 0 Å². The third kappa shape index (κ3) is 2.86. The summed E-state index contributed by atoms with van der Waals surface area (Å²) in [5.74, 6) is 0.657. The summed E-state index contributed by atoms with van der Waals surface area (Å²) in [7, 11) is 0. The molecule has 128 valence electrons. The van der Waals surface area contributed by atoms with Crippen molar-refractivity contribution in [1.82, 2.24) is 24.4 Å². The van der Waals surface area contributed by atoms with Crippen LogP contribution in [0.3, 0.4) is 0 Å². The first kappa shape index (κ1) is 15.4. The van der Waals surface area contributed by atoms with Gasteiger partial charge < -0.3 is 14.9 Å². The Bertz CT molecular complexity index is 1060. The molecule has 25 heavy (non-hydrogen) atoms. The number of carbonyl (C=O) groups is 1. The summed E-state index contributed by atoms with van der Waals surface area (Å²) in [6, 6.07) is 6.71. The Hall–Kier alpha value is -3.16. The first-order valence-electron chi connectivity index (χ1n) is 8.13. The molecule has 2 N–H and O–H groups in total. The molecule has 0 radical (unpaired) electrons. The molecule has 3 aromatic rings. The van der Waals surface area contributed by atoms with E-state index in [4.69, 9.17) is 0 Å². The highest BCUT2D eigenvalue weighted by molar-refractivity contribution is 5.79. The summed E-state index contributed by atoms with van der Waals surface area (Å²) in [6.45, 7) is 0.344. The molecule has 1 aliphatic heterocycles. The first-order chi connectivity index (χ1) is 12.1. The van der Waals surface area contributed by atoms with Crippen LogP contribution >= 0.6 is 0 Å². The summed E-state index contributed by atoms with van der Waals surface area (Å²) in [6.07, 6.45) is 5.19. The summed E-state index contributed by atoms with van der Waals surface area (Å²) < 4.78 is 2.94. The highest BCUT2D eigenvalue weighted by atomic mass is 16.2. The maximum absolute atomic E-state index is 12.5. The smallest absolute Gasteiger partial charge is 0.329 e. The van der Waals surface area contributed by atoms with E-state index in [2.05, 4.69) is 15.3 Å². The summed E-state index contributed by atoms with van der Waals surface area (Å²) in [4.78, 5) is 43.8. The molecule has 1 atom stereocenters. The van der Waals surface area contributed by atoms with Crippen molar-refractivity contribution >= 4 is 16.8 Å². The van der Waals surface area contributed by atoms with Crippen LogP contribution in [0.4, 0.5) is 0 Å². The number of benzene rings is 1. The summed E-state index contributed by atoms with van der Waals surface area (Å²) in [5, 5.41) is 3.29. The van der Waals surface area contributed by atoms with Crippen LogP contribution in [-0.2, 0) is 24.3 Å². The molecule has 0 bridgehead atoms. The van der Waals surface area contributed by atoms with Crippen LogP contribution in [0.5, 0.6) is 0 Å². The number of amides is 1. The first-order valence-corrected chi connectivity index (χ1v) is 8.13. The molecule has 8 nitrogen and oxygen atoms in total. The number of carbonyl (C=O) groups excluding carboxylic acids is 1. The SMILES string of the molecule is O=C(Cn1c(=O)[nH]c2ccccc2c1=O)N[C@H]1CCc2nccn2C1. The Morgan fingerprint density at radius 3 is 3.04 bits per heavy atom. The third-order valence-electron chi connectivity index (χ3n) is 4.49. The van der Waals surface area contributed by atoms with Crippen molar-refractivity contribution in [2.24, 2.45) is 0 Å². The standard InChI is InChI=1S/C17H17N5O3/c23-15(19-11-5-6-14-18-7-8-21(14)9-11)10-22-16(24)12-3-1-2-4-13(12)20-17(22)25/h1-4,7-8,11H,5-6,9-10H2,(H,19,23)(H,20,25)/t11-/m0/s1. The van der Waals surface area contributed by atoms with Crippen LogP contribution < -0.4 is 16.6 Å². The minimum Gasteiger partial charge on any atom is -0.350 e. The minimum atomic E-state index is -0.584. The second kappa shape index (κ2) is 6.04. The van der Waals surface area contributed by atoms with Gasteiger partial charge in [0.15, 0.2) is 0 Å². The lowest BCUT2D eigenvalue weighted by atomic mass is 10.1. The lowest BCUT2D eigenvalue weighted by Crippen LogP contribution is -2.45. The number of nitrogens with one attached hydrogen (secondary N) is 2. The van der Waals surface area contributed by atoms with Crippen molar-refractivity contribution in [2.75, 3.05) is 0 Å². The van der Waals surface area contributed by atoms with Gasteiger partial charge in [0.05, 0.1) is 10.9 Å². The lowest BCUT2D eigenvalue weighted by Gasteiger charge is -2.24. The minimum absolute atomic E-state index is 0.0376. The zero-order chi connectivity index (χ0) is 17.4. The molecule has 0 aliphatic carbocycles. The van der Waals surface area contributed by atoms with Gasteiger partial charge in [-0.2, -0.15) is 0 Å². The molecule has 2 aromatic heterocycles. The van der Waals surface area contributed by atoms with Gasteiger partial charge in [-0.1, -0.05) is 12.1 Å². The Balaban J connectivity index is 1.53. The number of H-pyrrole nitrogens is 1. The van der Waals surface area contributed by atoms with E-state index < -0.39 is 11.2 Å². The molecular formula is C17H17N5O3. The van der Waals surface area contributed by atoms with Crippen molar-refractivity contribution in [2.45, 2.75) is 32.0 Å². The number of fused-ring (bicyclic) bond motifs is 2. The zero-order valence-electron chi connectivity index (χ0n) is 13.4. The van der Waals surface area contributed by atoms with E-state index in [0.29, 0.717) is 17.4 Å². The van der Waals surface area contributed by atoms with Crippen molar-refractivity contribution in [3.63, 3.8) is 0 Å². The second-order valence-electron chi connectivity index (χ2n) is 6.17. The van der Waals surface area contributed by atoms with Gasteiger partial charge in [-0.05, 0) is 18.6 Å². The van der Waals surface area contributed by atoms with Gasteiger partial charge in [0.2, 0.25) is 5.91 Å². The molecule has 1 amide bonds. The maximum Gasteiger partial charge on any atom is 0.329 e. The Kier molecular flexibility index (Phi) is 3.72. The van der Waals surface area contributed by atoms with Gasteiger partial charge in [0.1, 0.15) is 12.4 Å². The average molecular weight is 339 g/mol. The molecule has 0 fully saturated rings. The number of para-hydroxylation sites is 1. The molecule has 4 rings (SSSR count). The number of aromatic amines is 1. The van der Waals surface area contributed by atoms with Gasteiger partial charge in [0, 0.05) is 31.4 Å². The van der Waals surface area contributed by atoms with E-state index >= 15 is 0 Å². The fraction of sp³-hybridized carbons (Fsp3) is 0.294. The van der Waals surface area contributed by atoms with Crippen LogP contribution in [0.2, 0.25) is 0 Å². The molecule has 0 spiro atoms.